The number of carbonyl (C=O) groups is 4. The number of amides is 4. The van der Waals surface area contributed by atoms with Gasteiger partial charge in [0, 0.05) is 13.1 Å². The van der Waals surface area contributed by atoms with Crippen molar-refractivity contribution in [2.45, 2.75) is 38.1 Å². The summed E-state index contributed by atoms with van der Waals surface area (Å²) in [6, 6.07) is -0.516. The third kappa shape index (κ3) is 2.77. The van der Waals surface area contributed by atoms with Gasteiger partial charge in [0.2, 0.25) is 5.91 Å². The Morgan fingerprint density at radius 2 is 1.83 bits per heavy atom. The highest BCUT2D eigenvalue weighted by atomic mass is 16.4. The van der Waals surface area contributed by atoms with Gasteiger partial charge in [-0.15, -0.1) is 0 Å². The minimum absolute atomic E-state index is 0.158. The summed E-state index contributed by atoms with van der Waals surface area (Å²) < 4.78 is 0. The smallest absolute Gasteiger partial charge is 0.325 e. The Balaban J connectivity index is 1.59. The minimum Gasteiger partial charge on any atom is -0.481 e. The van der Waals surface area contributed by atoms with Gasteiger partial charge in [0.05, 0.1) is 5.92 Å². The second-order valence-corrected chi connectivity index (χ2v) is 6.79. The Hall–Kier alpha value is -2.12. The van der Waals surface area contributed by atoms with Crippen molar-refractivity contribution in [1.29, 1.82) is 0 Å². The molecule has 1 unspecified atom stereocenters. The van der Waals surface area contributed by atoms with Gasteiger partial charge >= 0.3 is 12.0 Å². The molecule has 3 fully saturated rings. The number of carboxylic acid groups (broad SMARTS) is 1. The van der Waals surface area contributed by atoms with Crippen LogP contribution in [0.3, 0.4) is 0 Å². The number of aliphatic carboxylic acids is 1. The van der Waals surface area contributed by atoms with Crippen molar-refractivity contribution in [2.24, 2.45) is 11.8 Å². The van der Waals surface area contributed by atoms with Crippen molar-refractivity contribution in [3.05, 3.63) is 0 Å². The highest BCUT2D eigenvalue weighted by Crippen LogP contribution is 2.42. The summed E-state index contributed by atoms with van der Waals surface area (Å²) in [5.41, 5.74) is -0.881. The molecule has 126 valence electrons. The molecule has 4 amide bonds. The second-order valence-electron chi connectivity index (χ2n) is 6.79. The van der Waals surface area contributed by atoms with Gasteiger partial charge in [-0.2, -0.15) is 0 Å². The Labute approximate surface area is 133 Å². The van der Waals surface area contributed by atoms with E-state index in [1.807, 2.05) is 0 Å². The summed E-state index contributed by atoms with van der Waals surface area (Å²) in [7, 11) is 0. The maximum absolute atomic E-state index is 12.5. The van der Waals surface area contributed by atoms with Crippen molar-refractivity contribution in [2.75, 3.05) is 19.6 Å². The molecule has 23 heavy (non-hydrogen) atoms. The molecule has 0 aromatic rings. The van der Waals surface area contributed by atoms with Crippen LogP contribution in [0.25, 0.3) is 0 Å². The van der Waals surface area contributed by atoms with E-state index in [0.29, 0.717) is 25.9 Å². The van der Waals surface area contributed by atoms with Crippen LogP contribution >= 0.6 is 0 Å². The fourth-order valence-corrected chi connectivity index (χ4v) is 3.41. The number of rotatable bonds is 4. The maximum atomic E-state index is 12.5. The molecule has 3 aliphatic rings. The molecule has 0 aromatic heterocycles. The molecule has 1 atom stereocenters. The van der Waals surface area contributed by atoms with Crippen LogP contribution in [0.4, 0.5) is 4.79 Å². The van der Waals surface area contributed by atoms with Crippen LogP contribution in [0.1, 0.15) is 32.6 Å². The van der Waals surface area contributed by atoms with Crippen LogP contribution in [0.15, 0.2) is 0 Å². The molecular weight excluding hydrogens is 302 g/mol. The molecule has 8 heteroatoms. The number of hydrogen-bond acceptors (Lipinski definition) is 4. The van der Waals surface area contributed by atoms with E-state index in [0.717, 1.165) is 17.7 Å². The van der Waals surface area contributed by atoms with E-state index < -0.39 is 23.5 Å². The van der Waals surface area contributed by atoms with Gasteiger partial charge in [-0.1, -0.05) is 0 Å². The molecular formula is C15H21N3O5. The lowest BCUT2D eigenvalue weighted by molar-refractivity contribution is -0.146. The van der Waals surface area contributed by atoms with Crippen molar-refractivity contribution < 1.29 is 24.3 Å². The zero-order chi connectivity index (χ0) is 16.8. The number of likely N-dealkylation sites (tertiary alicyclic amines) is 1. The zero-order valence-electron chi connectivity index (χ0n) is 13.1. The quantitative estimate of drug-likeness (QED) is 0.710. The number of carboxylic acids is 1. The monoisotopic (exact) mass is 323 g/mol. The molecule has 0 radical (unpaired) electrons. The topological polar surface area (TPSA) is 107 Å². The number of hydrogen-bond donors (Lipinski definition) is 2. The average Bonchev–Trinajstić information content (AvgIpc) is 3.33. The number of nitrogens with one attached hydrogen (secondary N) is 1. The largest absolute Gasteiger partial charge is 0.481 e. The van der Waals surface area contributed by atoms with Crippen molar-refractivity contribution in [3.63, 3.8) is 0 Å². The van der Waals surface area contributed by atoms with Gasteiger partial charge in [0.1, 0.15) is 12.1 Å². The normalized spacial score (nSPS) is 28.9. The summed E-state index contributed by atoms with van der Waals surface area (Å²) in [4.78, 5) is 50.3. The van der Waals surface area contributed by atoms with Crippen LogP contribution < -0.4 is 5.32 Å². The number of piperidine rings is 1. The molecule has 1 saturated carbocycles. The number of urea groups is 1. The molecule has 2 aliphatic heterocycles. The molecule has 2 N–H and O–H groups in total. The number of nitrogens with zero attached hydrogens (tertiary/aromatic N) is 2. The van der Waals surface area contributed by atoms with Gasteiger partial charge in [-0.25, -0.2) is 4.79 Å². The van der Waals surface area contributed by atoms with E-state index in [2.05, 4.69) is 5.32 Å². The summed E-state index contributed by atoms with van der Waals surface area (Å²) in [6.45, 7) is 2.14. The lowest BCUT2D eigenvalue weighted by atomic mass is 9.96. The first-order valence-electron chi connectivity index (χ1n) is 7.97. The first kappa shape index (κ1) is 15.8. The van der Waals surface area contributed by atoms with Gasteiger partial charge < -0.3 is 15.3 Å². The first-order chi connectivity index (χ1) is 10.8. The van der Waals surface area contributed by atoms with E-state index in [1.54, 1.807) is 6.92 Å². The van der Waals surface area contributed by atoms with Crippen molar-refractivity contribution >= 4 is 23.8 Å². The van der Waals surface area contributed by atoms with Crippen LogP contribution in [-0.2, 0) is 14.4 Å². The molecule has 8 nitrogen and oxygen atoms in total. The molecule has 0 bridgehead atoms. The Morgan fingerprint density at radius 3 is 2.35 bits per heavy atom. The third-order valence-corrected chi connectivity index (χ3v) is 5.19. The van der Waals surface area contributed by atoms with E-state index in [1.165, 1.54) is 4.90 Å². The SMILES string of the molecule is CC1(C2CC2)NC(=O)N(CC(=O)N2CCC(C(=O)O)CC2)C1=O. The molecule has 2 heterocycles. The summed E-state index contributed by atoms with van der Waals surface area (Å²) in [5.74, 6) is -1.75. The highest BCUT2D eigenvalue weighted by Gasteiger charge is 2.56. The summed E-state index contributed by atoms with van der Waals surface area (Å²) in [6.07, 6.45) is 2.63. The molecule has 3 rings (SSSR count). The number of carbonyl (C=O) groups excluding carboxylic acids is 3. The average molecular weight is 323 g/mol. The zero-order valence-corrected chi connectivity index (χ0v) is 13.1. The van der Waals surface area contributed by atoms with Crippen molar-refractivity contribution in [1.82, 2.24) is 15.1 Å². The second kappa shape index (κ2) is 5.50. The van der Waals surface area contributed by atoms with Crippen LogP contribution in [0.2, 0.25) is 0 Å². The van der Waals surface area contributed by atoms with E-state index in [-0.39, 0.29) is 24.3 Å². The Kier molecular flexibility index (Phi) is 3.77. The highest BCUT2D eigenvalue weighted by molar-refractivity contribution is 6.09. The van der Waals surface area contributed by atoms with Gasteiger partial charge in [-0.05, 0) is 38.5 Å². The molecule has 2 saturated heterocycles. The predicted molar refractivity (Wildman–Crippen MR) is 78.3 cm³/mol. The van der Waals surface area contributed by atoms with Crippen LogP contribution in [0, 0.1) is 11.8 Å². The van der Waals surface area contributed by atoms with Gasteiger partial charge in [0.25, 0.3) is 5.91 Å². The molecule has 1 aliphatic carbocycles. The minimum atomic E-state index is -0.881. The van der Waals surface area contributed by atoms with E-state index in [9.17, 15) is 19.2 Å². The van der Waals surface area contributed by atoms with Gasteiger partial charge in [-0.3, -0.25) is 19.3 Å². The third-order valence-electron chi connectivity index (χ3n) is 5.19. The lowest BCUT2D eigenvalue weighted by Gasteiger charge is -2.31. The van der Waals surface area contributed by atoms with Crippen LogP contribution in [0.5, 0.6) is 0 Å². The maximum Gasteiger partial charge on any atom is 0.325 e. The van der Waals surface area contributed by atoms with E-state index >= 15 is 0 Å². The predicted octanol–water partition coefficient (Wildman–Crippen LogP) is 0.0301. The Morgan fingerprint density at radius 1 is 1.22 bits per heavy atom. The number of imide groups is 1. The summed E-state index contributed by atoms with van der Waals surface area (Å²) >= 11 is 0. The summed E-state index contributed by atoms with van der Waals surface area (Å²) in [5, 5.41) is 11.7. The molecule has 0 aromatic carbocycles. The van der Waals surface area contributed by atoms with Gasteiger partial charge in [0.15, 0.2) is 0 Å². The lowest BCUT2D eigenvalue weighted by Crippen LogP contribution is -2.48. The van der Waals surface area contributed by atoms with Crippen LogP contribution in [-0.4, -0.2) is 63.9 Å². The van der Waals surface area contributed by atoms with E-state index in [4.69, 9.17) is 5.11 Å². The van der Waals surface area contributed by atoms with Crippen molar-refractivity contribution in [3.8, 4) is 0 Å². The fraction of sp³-hybridized carbons (Fsp3) is 0.733. The molecule has 0 spiro atoms. The first-order valence-corrected chi connectivity index (χ1v) is 7.97. The fourth-order valence-electron chi connectivity index (χ4n) is 3.41. The standard InChI is InChI=1S/C15H21N3O5/c1-15(10-2-3-10)13(22)18(14(23)16-15)8-11(19)17-6-4-9(5-7-17)12(20)21/h9-10H,2-8H2,1H3,(H,16,23)(H,20,21). The Bertz CT molecular complexity index is 565.